The average Bonchev–Trinajstić information content (AvgIpc) is 2.68. The van der Waals surface area contributed by atoms with E-state index in [1.807, 2.05) is 12.1 Å². The van der Waals surface area contributed by atoms with Crippen LogP contribution in [0.15, 0.2) is 22.7 Å². The van der Waals surface area contributed by atoms with Gasteiger partial charge in [0.05, 0.1) is 0 Å². The maximum Gasteiger partial charge on any atom is 0.0481 e. The molecule has 1 aromatic rings. The summed E-state index contributed by atoms with van der Waals surface area (Å²) in [6, 6.07) is 6.33. The Balaban J connectivity index is 2.10. The maximum atomic E-state index is 6.09. The molecule has 0 spiro atoms. The molecule has 1 fully saturated rings. The van der Waals surface area contributed by atoms with Gasteiger partial charge in [-0.15, -0.1) is 0 Å². The molecule has 1 saturated heterocycles. The van der Waals surface area contributed by atoms with Gasteiger partial charge in [-0.05, 0) is 56.0 Å². The van der Waals surface area contributed by atoms with Crippen molar-refractivity contribution in [2.45, 2.75) is 45.1 Å². The Morgan fingerprint density at radius 3 is 2.86 bits per heavy atom. The van der Waals surface area contributed by atoms with Crippen LogP contribution in [-0.4, -0.2) is 24.5 Å². The van der Waals surface area contributed by atoms with E-state index in [1.165, 1.54) is 37.7 Å². The maximum absolute atomic E-state index is 6.09. The van der Waals surface area contributed by atoms with Gasteiger partial charge in [0.2, 0.25) is 0 Å². The van der Waals surface area contributed by atoms with E-state index in [2.05, 4.69) is 33.8 Å². The van der Waals surface area contributed by atoms with Crippen molar-refractivity contribution < 1.29 is 0 Å². The van der Waals surface area contributed by atoms with Crippen molar-refractivity contribution in [2.24, 2.45) is 11.7 Å². The first-order valence-corrected chi connectivity index (χ1v) is 9.21. The topological polar surface area (TPSA) is 29.3 Å². The number of halogens is 2. The molecule has 0 bridgehead atoms. The normalized spacial score (nSPS) is 22.0. The Labute approximate surface area is 142 Å². The Hall–Kier alpha value is -0.0900. The molecular weight excluding hydrogens is 348 g/mol. The van der Waals surface area contributed by atoms with E-state index in [0.717, 1.165) is 28.5 Å². The summed E-state index contributed by atoms with van der Waals surface area (Å²) in [6.07, 6.45) is 6.62. The second-order valence-corrected chi connectivity index (χ2v) is 7.33. The van der Waals surface area contributed by atoms with Crippen molar-refractivity contribution in [3.63, 3.8) is 0 Å². The largest absolute Gasteiger partial charge is 0.329 e. The van der Waals surface area contributed by atoms with Gasteiger partial charge in [-0.25, -0.2) is 0 Å². The Bertz CT molecular complexity index is 452. The second kappa shape index (κ2) is 8.52. The predicted molar refractivity (Wildman–Crippen MR) is 94.8 cm³/mol. The molecule has 21 heavy (non-hydrogen) atoms. The van der Waals surface area contributed by atoms with Gasteiger partial charge < -0.3 is 5.73 Å². The van der Waals surface area contributed by atoms with Gasteiger partial charge >= 0.3 is 0 Å². The van der Waals surface area contributed by atoms with Crippen LogP contribution in [0.4, 0.5) is 0 Å². The lowest BCUT2D eigenvalue weighted by atomic mass is 9.96. The lowest BCUT2D eigenvalue weighted by Crippen LogP contribution is -2.34. The van der Waals surface area contributed by atoms with Crippen molar-refractivity contribution in [1.29, 1.82) is 0 Å². The lowest BCUT2D eigenvalue weighted by Gasteiger charge is -2.31. The van der Waals surface area contributed by atoms with Crippen molar-refractivity contribution in [3.05, 3.63) is 33.3 Å². The lowest BCUT2D eigenvalue weighted by molar-refractivity contribution is 0.206. The molecule has 4 heteroatoms. The van der Waals surface area contributed by atoms with Crippen molar-refractivity contribution in [2.75, 3.05) is 19.6 Å². The Morgan fingerprint density at radius 1 is 1.38 bits per heavy atom. The fourth-order valence-corrected chi connectivity index (χ4v) is 4.39. The molecule has 0 saturated carbocycles. The van der Waals surface area contributed by atoms with Crippen molar-refractivity contribution in [1.82, 2.24) is 4.90 Å². The monoisotopic (exact) mass is 372 g/mol. The van der Waals surface area contributed by atoms with Crippen LogP contribution in [-0.2, 0) is 0 Å². The van der Waals surface area contributed by atoms with Crippen LogP contribution in [0.3, 0.4) is 0 Å². The van der Waals surface area contributed by atoms with Gasteiger partial charge in [-0.2, -0.15) is 0 Å². The third-order valence-corrected chi connectivity index (χ3v) is 5.49. The number of hydrogen-bond donors (Lipinski definition) is 1. The molecule has 1 aliphatic heterocycles. The zero-order chi connectivity index (χ0) is 15.2. The highest BCUT2D eigenvalue weighted by Crippen LogP contribution is 2.32. The van der Waals surface area contributed by atoms with Crippen LogP contribution in [0.2, 0.25) is 5.02 Å². The fraction of sp³-hybridized carbons (Fsp3) is 0.647. The van der Waals surface area contributed by atoms with E-state index in [1.54, 1.807) is 0 Å². The van der Waals surface area contributed by atoms with Crippen molar-refractivity contribution in [3.8, 4) is 0 Å². The predicted octanol–water partition coefficient (Wildman–Crippen LogP) is 5.00. The number of nitrogens with zero attached hydrogens (tertiary/aromatic N) is 1. The molecule has 118 valence electrons. The fourth-order valence-electron chi connectivity index (χ4n) is 3.44. The minimum atomic E-state index is 0.289. The highest BCUT2D eigenvalue weighted by molar-refractivity contribution is 9.10. The molecule has 1 aromatic carbocycles. The highest BCUT2D eigenvalue weighted by atomic mass is 79.9. The molecule has 1 aliphatic rings. The second-order valence-electron chi connectivity index (χ2n) is 6.04. The number of rotatable bonds is 5. The molecule has 0 aliphatic carbocycles. The Morgan fingerprint density at radius 2 is 2.19 bits per heavy atom. The van der Waals surface area contributed by atoms with Gasteiger partial charge in [0, 0.05) is 22.1 Å². The minimum absolute atomic E-state index is 0.289. The van der Waals surface area contributed by atoms with E-state index in [-0.39, 0.29) is 6.04 Å². The summed E-state index contributed by atoms with van der Waals surface area (Å²) < 4.78 is 1.07. The zero-order valence-electron chi connectivity index (χ0n) is 12.8. The standard InChI is InChI=1S/C17H26BrClN2/c1-2-4-13-5-3-9-21(10-8-13)17(12-20)15-7-6-14(19)11-16(15)18/h6-7,11,13,17H,2-5,8-10,12,20H2,1H3. The average molecular weight is 374 g/mol. The summed E-state index contributed by atoms with van der Waals surface area (Å²) in [4.78, 5) is 2.56. The summed E-state index contributed by atoms with van der Waals surface area (Å²) >= 11 is 9.70. The number of hydrogen-bond acceptors (Lipinski definition) is 2. The van der Waals surface area contributed by atoms with Gasteiger partial charge in [0.1, 0.15) is 0 Å². The quantitative estimate of drug-likeness (QED) is 0.786. The van der Waals surface area contributed by atoms with E-state index >= 15 is 0 Å². The molecule has 2 nitrogen and oxygen atoms in total. The first-order valence-electron chi connectivity index (χ1n) is 8.04. The molecular formula is C17H26BrClN2. The molecule has 2 atom stereocenters. The van der Waals surface area contributed by atoms with Crippen molar-refractivity contribution >= 4 is 27.5 Å². The number of benzene rings is 1. The van der Waals surface area contributed by atoms with Crippen LogP contribution in [0, 0.1) is 5.92 Å². The smallest absolute Gasteiger partial charge is 0.0481 e. The van der Waals surface area contributed by atoms with Crippen LogP contribution in [0.1, 0.15) is 50.6 Å². The Kier molecular flexibility index (Phi) is 7.00. The third kappa shape index (κ3) is 4.69. The van der Waals surface area contributed by atoms with Gasteiger partial charge in [0.15, 0.2) is 0 Å². The number of likely N-dealkylation sites (tertiary alicyclic amines) is 1. The van der Waals surface area contributed by atoms with Gasteiger partial charge in [0.25, 0.3) is 0 Å². The van der Waals surface area contributed by atoms with E-state index in [0.29, 0.717) is 6.54 Å². The summed E-state index contributed by atoms with van der Waals surface area (Å²) in [7, 11) is 0. The van der Waals surface area contributed by atoms with E-state index < -0.39 is 0 Å². The number of nitrogens with two attached hydrogens (primary N) is 1. The van der Waals surface area contributed by atoms with Crippen LogP contribution in [0.5, 0.6) is 0 Å². The first kappa shape index (κ1) is 17.3. The minimum Gasteiger partial charge on any atom is -0.329 e. The summed E-state index contributed by atoms with van der Waals surface area (Å²) in [5.41, 5.74) is 7.35. The molecule has 1 heterocycles. The molecule has 2 rings (SSSR count). The summed E-state index contributed by atoms with van der Waals surface area (Å²) in [6.45, 7) is 5.24. The van der Waals surface area contributed by atoms with Crippen LogP contribution >= 0.6 is 27.5 Å². The molecule has 2 N–H and O–H groups in total. The van der Waals surface area contributed by atoms with Crippen LogP contribution < -0.4 is 5.73 Å². The molecule has 0 radical (unpaired) electrons. The van der Waals surface area contributed by atoms with E-state index in [9.17, 15) is 0 Å². The molecule has 2 unspecified atom stereocenters. The highest BCUT2D eigenvalue weighted by Gasteiger charge is 2.24. The third-order valence-electron chi connectivity index (χ3n) is 4.56. The zero-order valence-corrected chi connectivity index (χ0v) is 15.2. The summed E-state index contributed by atoms with van der Waals surface area (Å²) in [5.74, 6) is 0.895. The molecule has 0 amide bonds. The van der Waals surface area contributed by atoms with Gasteiger partial charge in [-0.1, -0.05) is 53.4 Å². The first-order chi connectivity index (χ1) is 10.2. The van der Waals surface area contributed by atoms with Crippen LogP contribution in [0.25, 0.3) is 0 Å². The SMILES string of the molecule is CCCC1CCCN(C(CN)c2ccc(Cl)cc2Br)CC1. The molecule has 0 aromatic heterocycles. The van der Waals surface area contributed by atoms with E-state index in [4.69, 9.17) is 17.3 Å². The summed E-state index contributed by atoms with van der Waals surface area (Å²) in [5, 5.41) is 0.764. The van der Waals surface area contributed by atoms with Gasteiger partial charge in [-0.3, -0.25) is 4.90 Å².